The van der Waals surface area contributed by atoms with Crippen molar-refractivity contribution in [1.29, 1.82) is 0 Å². The molecule has 0 saturated carbocycles. The van der Waals surface area contributed by atoms with E-state index in [2.05, 4.69) is 10.9 Å². The summed E-state index contributed by atoms with van der Waals surface area (Å²) in [7, 11) is 0. The van der Waals surface area contributed by atoms with E-state index in [1.54, 1.807) is 0 Å². The summed E-state index contributed by atoms with van der Waals surface area (Å²) in [5, 5.41) is 0. The van der Waals surface area contributed by atoms with Crippen molar-refractivity contribution in [2.75, 3.05) is 6.54 Å². The van der Waals surface area contributed by atoms with Gasteiger partial charge in [-0.25, -0.2) is 5.43 Å². The standard InChI is InChI=1S/C3H6N2O/c6-2-3-1-4-5-3/h2-5H,1H2. The van der Waals surface area contributed by atoms with E-state index >= 15 is 0 Å². The molecular formula is C3H6N2O. The predicted molar refractivity (Wildman–Crippen MR) is 21.0 cm³/mol. The zero-order valence-electron chi connectivity index (χ0n) is 3.27. The van der Waals surface area contributed by atoms with Crippen molar-refractivity contribution in [2.45, 2.75) is 6.04 Å². The Morgan fingerprint density at radius 3 is 2.50 bits per heavy atom. The minimum Gasteiger partial charge on any atom is -0.302 e. The van der Waals surface area contributed by atoms with Gasteiger partial charge in [0.25, 0.3) is 0 Å². The van der Waals surface area contributed by atoms with Crippen molar-refractivity contribution in [3.63, 3.8) is 0 Å². The van der Waals surface area contributed by atoms with Crippen molar-refractivity contribution in [3.05, 3.63) is 0 Å². The van der Waals surface area contributed by atoms with Gasteiger partial charge in [-0.15, -0.1) is 0 Å². The summed E-state index contributed by atoms with van der Waals surface area (Å²) in [6, 6.07) is 0.0741. The summed E-state index contributed by atoms with van der Waals surface area (Å²) in [5.74, 6) is 0. The Morgan fingerprint density at radius 2 is 2.50 bits per heavy atom. The van der Waals surface area contributed by atoms with E-state index in [1.165, 1.54) is 0 Å². The molecule has 1 heterocycles. The van der Waals surface area contributed by atoms with Crippen molar-refractivity contribution in [2.24, 2.45) is 0 Å². The lowest BCUT2D eigenvalue weighted by molar-refractivity contribution is -0.111. The van der Waals surface area contributed by atoms with E-state index in [-0.39, 0.29) is 6.04 Å². The molecule has 34 valence electrons. The molecule has 1 rings (SSSR count). The molecule has 2 N–H and O–H groups in total. The Bertz CT molecular complexity index is 59.8. The van der Waals surface area contributed by atoms with Crippen LogP contribution < -0.4 is 10.9 Å². The van der Waals surface area contributed by atoms with E-state index in [4.69, 9.17) is 0 Å². The average molecular weight is 86.1 g/mol. The molecule has 0 radical (unpaired) electrons. The summed E-state index contributed by atoms with van der Waals surface area (Å²) < 4.78 is 0. The maximum Gasteiger partial charge on any atom is 0.139 e. The lowest BCUT2D eigenvalue weighted by Crippen LogP contribution is -2.59. The van der Waals surface area contributed by atoms with E-state index in [0.717, 1.165) is 12.8 Å². The van der Waals surface area contributed by atoms with Gasteiger partial charge < -0.3 is 4.79 Å². The van der Waals surface area contributed by atoms with E-state index in [1.807, 2.05) is 0 Å². The highest BCUT2D eigenvalue weighted by molar-refractivity contribution is 5.58. The van der Waals surface area contributed by atoms with Crippen LogP contribution in [0.4, 0.5) is 0 Å². The Kier molecular flexibility index (Phi) is 0.856. The Balaban J connectivity index is 2.16. The first-order valence-electron chi connectivity index (χ1n) is 1.87. The van der Waals surface area contributed by atoms with Crippen LogP contribution in [0.2, 0.25) is 0 Å². The first kappa shape index (κ1) is 3.77. The number of carbonyl (C=O) groups is 1. The highest BCUT2D eigenvalue weighted by Crippen LogP contribution is 1.78. The molecule has 3 nitrogen and oxygen atoms in total. The lowest BCUT2D eigenvalue weighted by Gasteiger charge is -2.22. The van der Waals surface area contributed by atoms with Crippen LogP contribution in [0, 0.1) is 0 Å². The number of hydrogen-bond acceptors (Lipinski definition) is 3. The number of nitrogens with one attached hydrogen (secondary N) is 2. The molecule has 0 spiro atoms. The fourth-order valence-electron chi connectivity index (χ4n) is 0.302. The van der Waals surface area contributed by atoms with Gasteiger partial charge in [-0.1, -0.05) is 0 Å². The van der Waals surface area contributed by atoms with E-state index in [0.29, 0.717) is 0 Å². The number of hydrazine groups is 1. The van der Waals surface area contributed by atoms with Crippen LogP contribution in [0.5, 0.6) is 0 Å². The van der Waals surface area contributed by atoms with Crippen molar-refractivity contribution >= 4 is 6.29 Å². The van der Waals surface area contributed by atoms with Gasteiger partial charge in [0.2, 0.25) is 0 Å². The summed E-state index contributed by atoms with van der Waals surface area (Å²) in [5.41, 5.74) is 5.41. The first-order valence-corrected chi connectivity index (χ1v) is 1.87. The highest BCUT2D eigenvalue weighted by atomic mass is 16.1. The molecule has 1 aliphatic heterocycles. The van der Waals surface area contributed by atoms with Crippen molar-refractivity contribution < 1.29 is 4.79 Å². The van der Waals surface area contributed by atoms with Crippen LogP contribution >= 0.6 is 0 Å². The van der Waals surface area contributed by atoms with Crippen molar-refractivity contribution in [1.82, 2.24) is 10.9 Å². The molecule has 1 saturated heterocycles. The van der Waals surface area contributed by atoms with Gasteiger partial charge in [-0.2, -0.15) is 0 Å². The summed E-state index contributed by atoms with van der Waals surface area (Å²) >= 11 is 0. The second-order valence-electron chi connectivity index (χ2n) is 1.27. The molecule has 6 heavy (non-hydrogen) atoms. The summed E-state index contributed by atoms with van der Waals surface area (Å²) in [4.78, 5) is 9.68. The first-order chi connectivity index (χ1) is 2.93. The van der Waals surface area contributed by atoms with Crippen LogP contribution in [0.1, 0.15) is 0 Å². The largest absolute Gasteiger partial charge is 0.302 e. The van der Waals surface area contributed by atoms with Gasteiger partial charge in [0.1, 0.15) is 6.29 Å². The fraction of sp³-hybridized carbons (Fsp3) is 0.667. The lowest BCUT2D eigenvalue weighted by atomic mass is 10.3. The smallest absolute Gasteiger partial charge is 0.139 e. The molecule has 1 aliphatic rings. The maximum absolute atomic E-state index is 9.68. The zero-order valence-corrected chi connectivity index (χ0v) is 3.27. The molecule has 3 heteroatoms. The molecule has 1 atom stereocenters. The number of rotatable bonds is 1. The quantitative estimate of drug-likeness (QED) is 0.388. The Labute approximate surface area is 35.7 Å². The number of hydrogen-bond donors (Lipinski definition) is 2. The average Bonchev–Trinajstić information content (AvgIpc) is 1.31. The van der Waals surface area contributed by atoms with Crippen LogP contribution in [0.15, 0.2) is 0 Å². The number of aldehydes is 1. The van der Waals surface area contributed by atoms with Crippen LogP contribution in [-0.2, 0) is 4.79 Å². The number of carbonyl (C=O) groups excluding carboxylic acids is 1. The van der Waals surface area contributed by atoms with Gasteiger partial charge in [0, 0.05) is 6.54 Å². The minimum absolute atomic E-state index is 0.0741. The third kappa shape index (κ3) is 0.418. The highest BCUT2D eigenvalue weighted by Gasteiger charge is 2.12. The molecular weight excluding hydrogens is 80.0 g/mol. The SMILES string of the molecule is O=CC1CNN1. The van der Waals surface area contributed by atoms with E-state index < -0.39 is 0 Å². The molecule has 0 aromatic rings. The second kappa shape index (κ2) is 1.36. The van der Waals surface area contributed by atoms with Gasteiger partial charge in [0.15, 0.2) is 0 Å². The van der Waals surface area contributed by atoms with Crippen LogP contribution in [0.25, 0.3) is 0 Å². The zero-order chi connectivity index (χ0) is 4.41. The van der Waals surface area contributed by atoms with Gasteiger partial charge in [-0.3, -0.25) is 5.43 Å². The fourth-order valence-corrected chi connectivity index (χ4v) is 0.302. The molecule has 0 amide bonds. The molecule has 1 fully saturated rings. The molecule has 1 unspecified atom stereocenters. The molecule has 0 bridgehead atoms. The van der Waals surface area contributed by atoms with Crippen LogP contribution in [0.3, 0.4) is 0 Å². The second-order valence-corrected chi connectivity index (χ2v) is 1.27. The Morgan fingerprint density at radius 1 is 1.83 bits per heavy atom. The van der Waals surface area contributed by atoms with Gasteiger partial charge in [-0.05, 0) is 0 Å². The van der Waals surface area contributed by atoms with Crippen LogP contribution in [-0.4, -0.2) is 18.9 Å². The van der Waals surface area contributed by atoms with Gasteiger partial charge in [0.05, 0.1) is 6.04 Å². The summed E-state index contributed by atoms with van der Waals surface area (Å²) in [6.07, 6.45) is 0.885. The molecule has 0 aliphatic carbocycles. The molecule has 0 aromatic carbocycles. The summed E-state index contributed by atoms with van der Waals surface area (Å²) in [6.45, 7) is 0.781. The molecule has 0 aromatic heterocycles. The maximum atomic E-state index is 9.68. The van der Waals surface area contributed by atoms with Gasteiger partial charge >= 0.3 is 0 Å². The monoisotopic (exact) mass is 86.0 g/mol. The van der Waals surface area contributed by atoms with E-state index in [9.17, 15) is 4.79 Å². The topological polar surface area (TPSA) is 41.1 Å². The third-order valence-electron chi connectivity index (χ3n) is 0.774. The van der Waals surface area contributed by atoms with Crippen molar-refractivity contribution in [3.8, 4) is 0 Å². The third-order valence-corrected chi connectivity index (χ3v) is 0.774. The Hall–Kier alpha value is -0.410. The minimum atomic E-state index is 0.0741. The normalized spacial score (nSPS) is 31.7. The predicted octanol–water partition coefficient (Wildman–Crippen LogP) is -1.34.